The fourth-order valence-electron chi connectivity index (χ4n) is 5.46. The SMILES string of the molecule is COC(=O)CCC/C=C\C/C=C\CCCCCCCCC(CCCCCCCC/C=C\C/C=C\CCCC(=O)OC)OC(=O)CC(C)C. The number of ether oxygens (including phenoxy) is 3. The summed E-state index contributed by atoms with van der Waals surface area (Å²) >= 11 is 0. The van der Waals surface area contributed by atoms with Crippen molar-refractivity contribution < 1.29 is 28.6 Å². The van der Waals surface area contributed by atoms with Crippen LogP contribution in [0.1, 0.15) is 174 Å². The second kappa shape index (κ2) is 35.7. The van der Waals surface area contributed by atoms with Crippen LogP contribution < -0.4 is 0 Å². The summed E-state index contributed by atoms with van der Waals surface area (Å²) in [5, 5.41) is 0. The molecule has 6 nitrogen and oxygen atoms in total. The highest BCUT2D eigenvalue weighted by atomic mass is 16.5. The summed E-state index contributed by atoms with van der Waals surface area (Å²) in [4.78, 5) is 34.5. The Kier molecular flexibility index (Phi) is 33.7. The number of allylic oxidation sites excluding steroid dienone is 8. The molecule has 0 heterocycles. The van der Waals surface area contributed by atoms with Gasteiger partial charge in [-0.05, 0) is 95.8 Å². The van der Waals surface area contributed by atoms with E-state index in [-0.39, 0.29) is 24.0 Å². The highest BCUT2D eigenvalue weighted by Crippen LogP contribution is 2.19. The van der Waals surface area contributed by atoms with Crippen molar-refractivity contribution in [2.75, 3.05) is 14.2 Å². The Hall–Kier alpha value is -2.63. The summed E-state index contributed by atoms with van der Waals surface area (Å²) in [6.07, 6.45) is 43.8. The molecule has 0 spiro atoms. The van der Waals surface area contributed by atoms with Gasteiger partial charge in [0.2, 0.25) is 0 Å². The Morgan fingerprint density at radius 2 is 0.812 bits per heavy atom. The van der Waals surface area contributed by atoms with E-state index in [1.165, 1.54) is 78.4 Å². The Morgan fingerprint density at radius 3 is 1.19 bits per heavy atom. The van der Waals surface area contributed by atoms with Gasteiger partial charge in [-0.25, -0.2) is 0 Å². The largest absolute Gasteiger partial charge is 0.469 e. The minimum atomic E-state index is -0.132. The lowest BCUT2D eigenvalue weighted by molar-refractivity contribution is -0.150. The fraction of sp³-hybridized carbons (Fsp3) is 0.738. The molecule has 0 aromatic heterocycles. The van der Waals surface area contributed by atoms with Crippen LogP contribution in [0.4, 0.5) is 0 Å². The molecule has 0 fully saturated rings. The molecular weight excluding hydrogens is 600 g/mol. The number of carbonyl (C=O) groups is 3. The van der Waals surface area contributed by atoms with Gasteiger partial charge in [0.25, 0.3) is 0 Å². The lowest BCUT2D eigenvalue weighted by Crippen LogP contribution is -2.19. The number of methoxy groups -OCH3 is 2. The maximum Gasteiger partial charge on any atom is 0.306 e. The van der Waals surface area contributed by atoms with Gasteiger partial charge in [-0.1, -0.05) is 114 Å². The number of hydrogen-bond donors (Lipinski definition) is 0. The van der Waals surface area contributed by atoms with Gasteiger partial charge in [0.15, 0.2) is 0 Å². The summed E-state index contributed by atoms with van der Waals surface area (Å²) in [5.41, 5.74) is 0. The van der Waals surface area contributed by atoms with Crippen molar-refractivity contribution in [3.05, 3.63) is 48.6 Å². The van der Waals surface area contributed by atoms with Gasteiger partial charge in [-0.2, -0.15) is 0 Å². The molecule has 0 aliphatic rings. The van der Waals surface area contributed by atoms with Crippen molar-refractivity contribution in [1.29, 1.82) is 0 Å². The summed E-state index contributed by atoms with van der Waals surface area (Å²) < 4.78 is 15.2. The predicted octanol–water partition coefficient (Wildman–Crippen LogP) is 11.9. The van der Waals surface area contributed by atoms with Crippen LogP contribution in [-0.4, -0.2) is 38.2 Å². The third-order valence-electron chi connectivity index (χ3n) is 8.34. The van der Waals surface area contributed by atoms with Crippen LogP contribution >= 0.6 is 0 Å². The van der Waals surface area contributed by atoms with Gasteiger partial charge >= 0.3 is 17.9 Å². The van der Waals surface area contributed by atoms with Crippen LogP contribution in [0.2, 0.25) is 0 Å². The average molecular weight is 673 g/mol. The Bertz CT molecular complexity index is 825. The van der Waals surface area contributed by atoms with Crippen molar-refractivity contribution in [3.8, 4) is 0 Å². The molecule has 0 saturated heterocycles. The van der Waals surface area contributed by atoms with E-state index in [1.807, 2.05) is 0 Å². The van der Waals surface area contributed by atoms with Gasteiger partial charge in [-0.3, -0.25) is 14.4 Å². The van der Waals surface area contributed by atoms with Crippen LogP contribution in [0.25, 0.3) is 0 Å². The highest BCUT2D eigenvalue weighted by molar-refractivity contribution is 5.70. The summed E-state index contributed by atoms with van der Waals surface area (Å²) in [6, 6.07) is 0. The van der Waals surface area contributed by atoms with Crippen molar-refractivity contribution >= 4 is 17.9 Å². The van der Waals surface area contributed by atoms with Crippen LogP contribution in [0.5, 0.6) is 0 Å². The van der Waals surface area contributed by atoms with E-state index in [0.717, 1.165) is 77.0 Å². The van der Waals surface area contributed by atoms with E-state index >= 15 is 0 Å². The van der Waals surface area contributed by atoms with E-state index in [0.29, 0.717) is 25.2 Å². The zero-order valence-corrected chi connectivity index (χ0v) is 31.4. The van der Waals surface area contributed by atoms with E-state index < -0.39 is 0 Å². The highest BCUT2D eigenvalue weighted by Gasteiger charge is 2.15. The van der Waals surface area contributed by atoms with Crippen LogP contribution in [0, 0.1) is 5.92 Å². The molecule has 6 heteroatoms. The molecule has 276 valence electrons. The van der Waals surface area contributed by atoms with E-state index in [9.17, 15) is 14.4 Å². The van der Waals surface area contributed by atoms with Gasteiger partial charge in [0.1, 0.15) is 6.10 Å². The van der Waals surface area contributed by atoms with Crippen LogP contribution in [-0.2, 0) is 28.6 Å². The van der Waals surface area contributed by atoms with Crippen LogP contribution in [0.15, 0.2) is 48.6 Å². The normalized spacial score (nSPS) is 12.0. The number of rotatable bonds is 33. The molecular formula is C42H72O6. The van der Waals surface area contributed by atoms with Crippen molar-refractivity contribution in [2.24, 2.45) is 5.92 Å². The summed E-state index contributed by atoms with van der Waals surface area (Å²) in [7, 11) is 2.87. The van der Waals surface area contributed by atoms with Gasteiger partial charge in [-0.15, -0.1) is 0 Å². The Balaban J connectivity index is 3.91. The molecule has 0 unspecified atom stereocenters. The zero-order valence-electron chi connectivity index (χ0n) is 31.4. The average Bonchev–Trinajstić information content (AvgIpc) is 3.06. The summed E-state index contributed by atoms with van der Waals surface area (Å²) in [6.45, 7) is 4.15. The number of carbonyl (C=O) groups excluding carboxylic acids is 3. The van der Waals surface area contributed by atoms with Crippen molar-refractivity contribution in [1.82, 2.24) is 0 Å². The smallest absolute Gasteiger partial charge is 0.306 e. The molecule has 0 aromatic rings. The third-order valence-corrected chi connectivity index (χ3v) is 8.34. The van der Waals surface area contributed by atoms with Crippen molar-refractivity contribution in [2.45, 2.75) is 180 Å². The second-order valence-corrected chi connectivity index (χ2v) is 13.4. The van der Waals surface area contributed by atoms with Crippen LogP contribution in [0.3, 0.4) is 0 Å². The maximum absolute atomic E-state index is 12.4. The number of hydrogen-bond acceptors (Lipinski definition) is 6. The maximum atomic E-state index is 12.4. The zero-order chi connectivity index (χ0) is 35.3. The molecule has 0 aliphatic heterocycles. The first-order valence-corrected chi connectivity index (χ1v) is 19.3. The van der Waals surface area contributed by atoms with E-state index in [1.54, 1.807) is 0 Å². The summed E-state index contributed by atoms with van der Waals surface area (Å²) in [5.74, 6) is 0.0443. The molecule has 0 radical (unpaired) electrons. The lowest BCUT2D eigenvalue weighted by atomic mass is 10.0. The first-order chi connectivity index (χ1) is 23.4. The molecule has 0 rings (SSSR count). The molecule has 48 heavy (non-hydrogen) atoms. The quantitative estimate of drug-likeness (QED) is 0.0299. The van der Waals surface area contributed by atoms with Gasteiger partial charge in [0, 0.05) is 19.3 Å². The minimum absolute atomic E-state index is 0.0285. The molecule has 0 N–H and O–H groups in total. The van der Waals surface area contributed by atoms with E-state index in [2.05, 4.69) is 71.9 Å². The molecule has 0 aliphatic carbocycles. The molecule has 0 atom stereocenters. The second-order valence-electron chi connectivity index (χ2n) is 13.4. The standard InChI is InChI=1S/C42H72O6/c1-38(2)37-42(45)48-39(33-29-25-21-17-13-9-5-7-11-15-19-23-27-31-35-40(43)46-3)34-30-26-22-18-14-10-6-8-12-16-20-24-28-32-36-41(44)47-4/h7-8,11-12,19-20,23-24,38-39H,5-6,9-10,13-18,21-22,25-37H2,1-4H3/b11-7-,12-8-,23-19-,24-20-. The van der Waals surface area contributed by atoms with Gasteiger partial charge in [0.05, 0.1) is 14.2 Å². The minimum Gasteiger partial charge on any atom is -0.469 e. The first kappa shape index (κ1) is 45.4. The first-order valence-electron chi connectivity index (χ1n) is 19.3. The van der Waals surface area contributed by atoms with E-state index in [4.69, 9.17) is 4.74 Å². The third kappa shape index (κ3) is 34.7. The number of unbranched alkanes of at least 4 members (excludes halogenated alkanes) is 14. The monoisotopic (exact) mass is 673 g/mol. The lowest BCUT2D eigenvalue weighted by Gasteiger charge is -2.19. The predicted molar refractivity (Wildman–Crippen MR) is 201 cm³/mol. The molecule has 0 saturated carbocycles. The molecule has 0 aromatic carbocycles. The Labute approximate surface area is 295 Å². The fourth-order valence-corrected chi connectivity index (χ4v) is 5.46. The van der Waals surface area contributed by atoms with Crippen molar-refractivity contribution in [3.63, 3.8) is 0 Å². The molecule has 0 amide bonds. The van der Waals surface area contributed by atoms with Gasteiger partial charge < -0.3 is 14.2 Å². The topological polar surface area (TPSA) is 78.9 Å². The number of esters is 3. The molecule has 0 bridgehead atoms. The Morgan fingerprint density at radius 1 is 0.458 bits per heavy atom.